The highest BCUT2D eigenvalue weighted by atomic mass is 79.9. The molecule has 2 aromatic heterocycles. The fraction of sp³-hybridized carbons (Fsp3) is 0.385. The summed E-state index contributed by atoms with van der Waals surface area (Å²) in [6.45, 7) is 2.58. The van der Waals surface area contributed by atoms with Crippen molar-refractivity contribution >= 4 is 43.3 Å². The summed E-state index contributed by atoms with van der Waals surface area (Å²) in [5.41, 5.74) is 0.781. The number of H-pyrrole nitrogens is 1. The number of aromatic nitrogens is 1. The standard InChI is InChI=1S/C13H12BrNO4S/c1-2-18-13(17)8-6-4-3-5-19-9-7(6)10(12(16)15-8)20-11(9)14/h2-5H2,1H3,(H,15,16). The quantitative estimate of drug-likeness (QED) is 0.839. The van der Waals surface area contributed by atoms with Crippen molar-refractivity contribution in [1.29, 1.82) is 0 Å². The van der Waals surface area contributed by atoms with E-state index in [1.54, 1.807) is 6.92 Å². The molecule has 2 aromatic rings. The molecule has 5 nitrogen and oxygen atoms in total. The van der Waals surface area contributed by atoms with Gasteiger partial charge in [-0.15, -0.1) is 11.3 Å². The van der Waals surface area contributed by atoms with Gasteiger partial charge >= 0.3 is 5.97 Å². The van der Waals surface area contributed by atoms with E-state index in [1.807, 2.05) is 0 Å². The summed E-state index contributed by atoms with van der Waals surface area (Å²) in [4.78, 5) is 26.8. The van der Waals surface area contributed by atoms with Crippen molar-refractivity contribution in [3.05, 3.63) is 25.4 Å². The Bertz CT molecular complexity index is 749. The van der Waals surface area contributed by atoms with E-state index in [-0.39, 0.29) is 17.9 Å². The Kier molecular flexibility index (Phi) is 3.55. The zero-order chi connectivity index (χ0) is 14.3. The largest absolute Gasteiger partial charge is 0.491 e. The number of aryl methyl sites for hydroxylation is 1. The minimum Gasteiger partial charge on any atom is -0.491 e. The SMILES string of the molecule is CCOC(=O)c1[nH]c(=O)c2sc(Br)c3c2c1CCCO3. The van der Waals surface area contributed by atoms with Crippen LogP contribution in [-0.4, -0.2) is 24.2 Å². The van der Waals surface area contributed by atoms with Gasteiger partial charge in [0.2, 0.25) is 0 Å². The zero-order valence-corrected chi connectivity index (χ0v) is 13.2. The van der Waals surface area contributed by atoms with Crippen molar-refractivity contribution in [3.63, 3.8) is 0 Å². The minimum atomic E-state index is -0.489. The van der Waals surface area contributed by atoms with Crippen molar-refractivity contribution in [2.45, 2.75) is 19.8 Å². The average molecular weight is 358 g/mol. The van der Waals surface area contributed by atoms with E-state index in [4.69, 9.17) is 9.47 Å². The Morgan fingerprint density at radius 2 is 2.35 bits per heavy atom. The molecule has 0 aliphatic carbocycles. The molecule has 0 saturated heterocycles. The Hall–Kier alpha value is -1.34. The molecule has 0 bridgehead atoms. The Balaban J connectivity index is 2.34. The lowest BCUT2D eigenvalue weighted by atomic mass is 10.0. The molecule has 0 aromatic carbocycles. The fourth-order valence-electron chi connectivity index (χ4n) is 2.37. The van der Waals surface area contributed by atoms with E-state index < -0.39 is 5.97 Å². The van der Waals surface area contributed by atoms with Gasteiger partial charge in [0.1, 0.15) is 14.2 Å². The number of nitrogens with one attached hydrogen (secondary N) is 1. The van der Waals surface area contributed by atoms with Gasteiger partial charge in [0.05, 0.1) is 13.2 Å². The maximum atomic E-state index is 12.1. The average Bonchev–Trinajstić information content (AvgIpc) is 2.61. The van der Waals surface area contributed by atoms with Crippen molar-refractivity contribution in [2.75, 3.05) is 13.2 Å². The topological polar surface area (TPSA) is 68.4 Å². The highest BCUT2D eigenvalue weighted by molar-refractivity contribution is 9.11. The summed E-state index contributed by atoms with van der Waals surface area (Å²) in [5, 5.41) is 0.742. The molecule has 0 amide bonds. The predicted octanol–water partition coefficient (Wildman–Crippen LogP) is 2.85. The first-order valence-corrected chi connectivity index (χ1v) is 7.91. The summed E-state index contributed by atoms with van der Waals surface area (Å²) in [6, 6.07) is 0. The molecule has 0 radical (unpaired) electrons. The van der Waals surface area contributed by atoms with E-state index in [0.29, 0.717) is 23.5 Å². The number of hydrogen-bond donors (Lipinski definition) is 1. The van der Waals surface area contributed by atoms with Crippen LogP contribution in [0.1, 0.15) is 29.4 Å². The number of halogens is 1. The molecule has 0 saturated carbocycles. The van der Waals surface area contributed by atoms with Gasteiger partial charge in [0.15, 0.2) is 5.75 Å². The highest BCUT2D eigenvalue weighted by Gasteiger charge is 2.26. The van der Waals surface area contributed by atoms with Gasteiger partial charge < -0.3 is 14.5 Å². The van der Waals surface area contributed by atoms with Crippen LogP contribution in [0, 0.1) is 0 Å². The third-order valence-electron chi connectivity index (χ3n) is 3.17. The maximum absolute atomic E-state index is 12.1. The summed E-state index contributed by atoms with van der Waals surface area (Å²) in [7, 11) is 0. The molecule has 20 heavy (non-hydrogen) atoms. The molecule has 7 heteroatoms. The van der Waals surface area contributed by atoms with Crippen LogP contribution >= 0.6 is 27.3 Å². The molecular weight excluding hydrogens is 346 g/mol. The van der Waals surface area contributed by atoms with Gasteiger partial charge in [0, 0.05) is 5.39 Å². The Morgan fingerprint density at radius 3 is 3.10 bits per heavy atom. The summed E-state index contributed by atoms with van der Waals surface area (Å²) in [6.07, 6.45) is 1.47. The highest BCUT2D eigenvalue weighted by Crippen LogP contribution is 2.43. The predicted molar refractivity (Wildman–Crippen MR) is 79.9 cm³/mol. The normalized spacial score (nSPS) is 13.9. The van der Waals surface area contributed by atoms with Crippen LogP contribution in [0.15, 0.2) is 8.58 Å². The van der Waals surface area contributed by atoms with E-state index in [9.17, 15) is 9.59 Å². The third-order valence-corrected chi connectivity index (χ3v) is 4.97. The fourth-order valence-corrected chi connectivity index (χ4v) is 4.07. The number of ether oxygens (including phenoxy) is 2. The van der Waals surface area contributed by atoms with Crippen LogP contribution in [0.3, 0.4) is 0 Å². The molecular formula is C13H12BrNO4S. The molecule has 1 aliphatic rings. The number of hydrogen-bond acceptors (Lipinski definition) is 5. The lowest BCUT2D eigenvalue weighted by Gasteiger charge is -2.08. The number of rotatable bonds is 2. The van der Waals surface area contributed by atoms with Crippen molar-refractivity contribution < 1.29 is 14.3 Å². The summed E-state index contributed by atoms with van der Waals surface area (Å²) < 4.78 is 12.1. The first-order chi connectivity index (χ1) is 9.63. The molecule has 0 spiro atoms. The van der Waals surface area contributed by atoms with Gasteiger partial charge in [-0.2, -0.15) is 0 Å². The number of esters is 1. The lowest BCUT2D eigenvalue weighted by molar-refractivity contribution is 0.0518. The van der Waals surface area contributed by atoms with Gasteiger partial charge in [-0.25, -0.2) is 4.79 Å². The van der Waals surface area contributed by atoms with Crippen LogP contribution in [0.25, 0.3) is 10.1 Å². The zero-order valence-electron chi connectivity index (χ0n) is 10.7. The minimum absolute atomic E-state index is 0.251. The maximum Gasteiger partial charge on any atom is 0.355 e. The number of pyridine rings is 1. The Morgan fingerprint density at radius 1 is 1.55 bits per heavy atom. The van der Waals surface area contributed by atoms with Crippen LogP contribution in [0.5, 0.6) is 5.75 Å². The molecule has 1 aliphatic heterocycles. The number of aromatic amines is 1. The lowest BCUT2D eigenvalue weighted by Crippen LogP contribution is -2.18. The second-order valence-electron chi connectivity index (χ2n) is 4.39. The van der Waals surface area contributed by atoms with Crippen molar-refractivity contribution in [1.82, 2.24) is 4.98 Å². The van der Waals surface area contributed by atoms with Crippen LogP contribution in [0.2, 0.25) is 0 Å². The van der Waals surface area contributed by atoms with Crippen LogP contribution < -0.4 is 10.3 Å². The first-order valence-electron chi connectivity index (χ1n) is 6.30. The monoisotopic (exact) mass is 357 g/mol. The smallest absolute Gasteiger partial charge is 0.355 e. The number of thiophene rings is 1. The van der Waals surface area contributed by atoms with Gasteiger partial charge in [-0.3, -0.25) is 4.79 Å². The molecule has 0 unspecified atom stereocenters. The summed E-state index contributed by atoms with van der Waals surface area (Å²) in [5.74, 6) is 0.172. The third kappa shape index (κ3) is 2.05. The molecule has 0 atom stereocenters. The Labute approximate surface area is 127 Å². The van der Waals surface area contributed by atoms with E-state index in [0.717, 1.165) is 21.2 Å². The molecule has 0 fully saturated rings. The summed E-state index contributed by atoms with van der Waals surface area (Å²) >= 11 is 4.75. The molecule has 1 N–H and O–H groups in total. The van der Waals surface area contributed by atoms with E-state index in [2.05, 4.69) is 20.9 Å². The van der Waals surface area contributed by atoms with Crippen LogP contribution in [0.4, 0.5) is 0 Å². The molecule has 106 valence electrons. The first kappa shape index (κ1) is 13.6. The molecule has 3 heterocycles. The molecule has 3 rings (SSSR count). The van der Waals surface area contributed by atoms with Crippen LogP contribution in [-0.2, 0) is 11.2 Å². The number of carbonyl (C=O) groups is 1. The van der Waals surface area contributed by atoms with E-state index in [1.165, 1.54) is 11.3 Å². The van der Waals surface area contributed by atoms with Crippen molar-refractivity contribution in [2.24, 2.45) is 0 Å². The van der Waals surface area contributed by atoms with Gasteiger partial charge in [0.25, 0.3) is 5.56 Å². The number of carbonyl (C=O) groups excluding carboxylic acids is 1. The van der Waals surface area contributed by atoms with Gasteiger partial charge in [-0.05, 0) is 41.3 Å². The van der Waals surface area contributed by atoms with E-state index >= 15 is 0 Å². The second-order valence-corrected chi connectivity index (χ2v) is 6.73. The van der Waals surface area contributed by atoms with Gasteiger partial charge in [-0.1, -0.05) is 0 Å². The second kappa shape index (κ2) is 5.21. The van der Waals surface area contributed by atoms with Crippen molar-refractivity contribution in [3.8, 4) is 5.75 Å².